The van der Waals surface area contributed by atoms with E-state index >= 15 is 0 Å². The maximum Gasteiger partial charge on any atom is 0.149 e. The van der Waals surface area contributed by atoms with Gasteiger partial charge in [0.1, 0.15) is 8.07 Å². The minimum Gasteiger partial charge on any atom is -0.180 e. The third-order valence-corrected chi connectivity index (χ3v) is 10.9. The van der Waals surface area contributed by atoms with E-state index in [4.69, 9.17) is 34.8 Å². The van der Waals surface area contributed by atoms with Crippen molar-refractivity contribution < 1.29 is 0 Å². The van der Waals surface area contributed by atoms with Gasteiger partial charge in [-0.1, -0.05) is 71.2 Å². The highest BCUT2D eigenvalue weighted by molar-refractivity contribution is 7.80. The van der Waals surface area contributed by atoms with E-state index in [1.165, 1.54) is 15.6 Å². The van der Waals surface area contributed by atoms with Gasteiger partial charge in [-0.2, -0.15) is 12.6 Å². The molecule has 0 heterocycles. The second-order valence-corrected chi connectivity index (χ2v) is 11.7. The van der Waals surface area contributed by atoms with Crippen molar-refractivity contribution in [2.75, 3.05) is 5.75 Å². The first-order chi connectivity index (χ1) is 12.1. The van der Waals surface area contributed by atoms with E-state index in [0.29, 0.717) is 0 Å². The van der Waals surface area contributed by atoms with E-state index in [-0.39, 0.29) is 0 Å². The van der Waals surface area contributed by atoms with Gasteiger partial charge >= 0.3 is 0 Å². The van der Waals surface area contributed by atoms with E-state index in [1.54, 1.807) is 0 Å². The van der Waals surface area contributed by atoms with Crippen molar-refractivity contribution in [2.45, 2.75) is 6.04 Å². The molecule has 0 aliphatic rings. The van der Waals surface area contributed by atoms with Crippen LogP contribution in [0.4, 0.5) is 0 Å². The van der Waals surface area contributed by atoms with Crippen molar-refractivity contribution in [3.63, 3.8) is 0 Å². The molecular weight excluding hydrogens is 407 g/mol. The molecule has 0 unspecified atom stereocenters. The molecule has 0 aliphatic carbocycles. The van der Waals surface area contributed by atoms with E-state index in [1.807, 2.05) is 36.4 Å². The summed E-state index contributed by atoms with van der Waals surface area (Å²) in [4.78, 5) is 0. The van der Waals surface area contributed by atoms with E-state index in [2.05, 4.69) is 49.0 Å². The SMILES string of the molecule is SCC[Si](c1ccc(Cl)cc1)(c1ccc(Cl)cc1)c1ccc(Cl)cc1. The van der Waals surface area contributed by atoms with Crippen LogP contribution in [0.15, 0.2) is 72.8 Å². The van der Waals surface area contributed by atoms with Gasteiger partial charge in [0.2, 0.25) is 0 Å². The molecule has 0 saturated heterocycles. The zero-order chi connectivity index (χ0) is 17.9. The van der Waals surface area contributed by atoms with Crippen molar-refractivity contribution >= 4 is 71.1 Å². The molecule has 0 radical (unpaired) electrons. The zero-order valence-electron chi connectivity index (χ0n) is 13.4. The molecule has 0 atom stereocenters. The summed E-state index contributed by atoms with van der Waals surface area (Å²) in [5.74, 6) is 0.792. The number of halogens is 3. The Labute approximate surface area is 170 Å². The average Bonchev–Trinajstić information content (AvgIpc) is 2.62. The van der Waals surface area contributed by atoms with E-state index < -0.39 is 8.07 Å². The Morgan fingerprint density at radius 1 is 0.560 bits per heavy atom. The van der Waals surface area contributed by atoms with Crippen LogP contribution in [0.2, 0.25) is 21.1 Å². The van der Waals surface area contributed by atoms with Crippen LogP contribution in [0.3, 0.4) is 0 Å². The molecule has 0 aromatic heterocycles. The zero-order valence-corrected chi connectivity index (χ0v) is 17.6. The summed E-state index contributed by atoms with van der Waals surface area (Å²) in [6.45, 7) is 0. The number of thiol groups is 1. The van der Waals surface area contributed by atoms with Crippen molar-refractivity contribution in [3.8, 4) is 0 Å². The Hall–Kier alpha value is -0.903. The summed E-state index contributed by atoms with van der Waals surface area (Å²) in [6.07, 6.45) is 0. The standard InChI is InChI=1S/C20H17Cl3SSi/c21-15-1-7-18(8-2-15)25(14-13-24,19-9-3-16(22)4-10-19)20-11-5-17(23)6-12-20/h1-12,24H,13-14H2. The van der Waals surface area contributed by atoms with Crippen LogP contribution >= 0.6 is 47.4 Å². The van der Waals surface area contributed by atoms with Crippen LogP contribution in [-0.4, -0.2) is 13.8 Å². The average molecular weight is 424 g/mol. The fourth-order valence-corrected chi connectivity index (χ4v) is 9.10. The largest absolute Gasteiger partial charge is 0.180 e. The molecule has 0 N–H and O–H groups in total. The summed E-state index contributed by atoms with van der Waals surface area (Å²) in [6, 6.07) is 25.6. The van der Waals surface area contributed by atoms with Crippen molar-refractivity contribution in [1.82, 2.24) is 0 Å². The molecular formula is C20H17Cl3SSi. The topological polar surface area (TPSA) is 0 Å². The summed E-state index contributed by atoms with van der Waals surface area (Å²) in [5, 5.41) is 6.13. The molecule has 3 aromatic carbocycles. The third kappa shape index (κ3) is 3.94. The van der Waals surface area contributed by atoms with Crippen molar-refractivity contribution in [2.24, 2.45) is 0 Å². The molecule has 25 heavy (non-hydrogen) atoms. The molecule has 0 nitrogen and oxygen atoms in total. The number of hydrogen-bond acceptors (Lipinski definition) is 1. The highest BCUT2D eigenvalue weighted by atomic mass is 35.5. The lowest BCUT2D eigenvalue weighted by molar-refractivity contribution is 1.43. The lowest BCUT2D eigenvalue weighted by atomic mass is 10.3. The molecule has 0 fully saturated rings. The van der Waals surface area contributed by atoms with Gasteiger partial charge in [0.05, 0.1) is 0 Å². The van der Waals surface area contributed by atoms with Crippen LogP contribution in [-0.2, 0) is 0 Å². The fraction of sp³-hybridized carbons (Fsp3) is 0.100. The Kier molecular flexibility index (Phi) is 6.19. The highest BCUT2D eigenvalue weighted by Gasteiger charge is 2.38. The Morgan fingerprint density at radius 2 is 0.840 bits per heavy atom. The summed E-state index contributed by atoms with van der Waals surface area (Å²) in [7, 11) is -2.24. The van der Waals surface area contributed by atoms with E-state index in [0.717, 1.165) is 26.9 Å². The molecule has 3 rings (SSSR count). The van der Waals surface area contributed by atoms with Gasteiger partial charge in [0, 0.05) is 15.1 Å². The quantitative estimate of drug-likeness (QED) is 0.331. The van der Waals surface area contributed by atoms with Gasteiger partial charge in [0.25, 0.3) is 0 Å². The lowest BCUT2D eigenvalue weighted by Crippen LogP contribution is -2.67. The normalized spacial score (nSPS) is 11.5. The number of benzene rings is 3. The van der Waals surface area contributed by atoms with E-state index in [9.17, 15) is 0 Å². The Morgan fingerprint density at radius 3 is 1.08 bits per heavy atom. The minimum absolute atomic E-state index is 0.740. The molecule has 0 spiro atoms. The second kappa shape index (κ2) is 8.19. The lowest BCUT2D eigenvalue weighted by Gasteiger charge is -2.33. The Bertz CT molecular complexity index is 719. The van der Waals surface area contributed by atoms with Crippen molar-refractivity contribution in [3.05, 3.63) is 87.9 Å². The predicted octanol–water partition coefficient (Wildman–Crippen LogP) is 5.05. The number of hydrogen-bond donors (Lipinski definition) is 1. The van der Waals surface area contributed by atoms with Crippen molar-refractivity contribution in [1.29, 1.82) is 0 Å². The fourth-order valence-electron chi connectivity index (χ4n) is 3.30. The van der Waals surface area contributed by atoms with Crippen LogP contribution in [0, 0.1) is 0 Å². The van der Waals surface area contributed by atoms with Gasteiger partial charge in [-0.05, 0) is 63.8 Å². The maximum atomic E-state index is 6.14. The van der Waals surface area contributed by atoms with Gasteiger partial charge in [-0.15, -0.1) is 0 Å². The Balaban J connectivity index is 2.28. The minimum atomic E-state index is -2.24. The van der Waals surface area contributed by atoms with Crippen LogP contribution in [0.25, 0.3) is 0 Å². The first-order valence-electron chi connectivity index (χ1n) is 7.95. The third-order valence-electron chi connectivity index (χ3n) is 4.50. The van der Waals surface area contributed by atoms with Crippen LogP contribution in [0.5, 0.6) is 0 Å². The molecule has 0 saturated carbocycles. The molecule has 128 valence electrons. The first-order valence-corrected chi connectivity index (χ1v) is 11.9. The molecule has 0 aliphatic heterocycles. The highest BCUT2D eigenvalue weighted by Crippen LogP contribution is 2.18. The van der Waals surface area contributed by atoms with Gasteiger partial charge in [-0.25, -0.2) is 0 Å². The second-order valence-electron chi connectivity index (χ2n) is 5.90. The van der Waals surface area contributed by atoms with Crippen LogP contribution in [0.1, 0.15) is 0 Å². The first kappa shape index (κ1) is 18.9. The summed E-state index contributed by atoms with van der Waals surface area (Å²) >= 11 is 23.0. The van der Waals surface area contributed by atoms with Gasteiger partial charge < -0.3 is 0 Å². The molecule has 5 heteroatoms. The molecule has 0 amide bonds. The maximum absolute atomic E-state index is 6.14. The predicted molar refractivity (Wildman–Crippen MR) is 118 cm³/mol. The molecule has 3 aromatic rings. The summed E-state index contributed by atoms with van der Waals surface area (Å²) in [5.41, 5.74) is 0. The van der Waals surface area contributed by atoms with Crippen LogP contribution < -0.4 is 15.6 Å². The smallest absolute Gasteiger partial charge is 0.149 e. The van der Waals surface area contributed by atoms with Gasteiger partial charge in [0.15, 0.2) is 0 Å². The molecule has 0 bridgehead atoms. The monoisotopic (exact) mass is 422 g/mol. The number of rotatable bonds is 5. The van der Waals surface area contributed by atoms with Gasteiger partial charge in [-0.3, -0.25) is 0 Å². The summed E-state index contributed by atoms with van der Waals surface area (Å²) < 4.78 is 0.